The summed E-state index contributed by atoms with van der Waals surface area (Å²) in [4.78, 5) is 2.61. The predicted molar refractivity (Wildman–Crippen MR) is 88.3 cm³/mol. The Labute approximate surface area is 127 Å². The van der Waals surface area contributed by atoms with Gasteiger partial charge in [-0.05, 0) is 42.6 Å². The van der Waals surface area contributed by atoms with Gasteiger partial charge in [-0.1, -0.05) is 48.5 Å². The SMILES string of the molecule is CNC[C@@H]1Cc2ccccc2CN1Cc1ccccc1C. The van der Waals surface area contributed by atoms with Crippen molar-refractivity contribution in [3.05, 3.63) is 70.8 Å². The Balaban J connectivity index is 1.84. The molecule has 2 aromatic carbocycles. The van der Waals surface area contributed by atoms with Crippen molar-refractivity contribution in [3.8, 4) is 0 Å². The quantitative estimate of drug-likeness (QED) is 0.925. The highest BCUT2D eigenvalue weighted by molar-refractivity contribution is 5.31. The molecular formula is C19H24N2. The summed E-state index contributed by atoms with van der Waals surface area (Å²) < 4.78 is 0. The summed E-state index contributed by atoms with van der Waals surface area (Å²) in [5.74, 6) is 0. The molecule has 0 radical (unpaired) electrons. The lowest BCUT2D eigenvalue weighted by atomic mass is 9.93. The Morgan fingerprint density at radius 3 is 2.52 bits per heavy atom. The molecule has 0 bridgehead atoms. The molecule has 1 N–H and O–H groups in total. The van der Waals surface area contributed by atoms with Gasteiger partial charge in [-0.15, -0.1) is 0 Å². The van der Waals surface area contributed by atoms with Crippen LogP contribution in [-0.2, 0) is 19.5 Å². The third kappa shape index (κ3) is 3.17. The molecule has 110 valence electrons. The van der Waals surface area contributed by atoms with E-state index in [1.165, 1.54) is 22.3 Å². The van der Waals surface area contributed by atoms with E-state index < -0.39 is 0 Å². The minimum atomic E-state index is 0.574. The van der Waals surface area contributed by atoms with Gasteiger partial charge >= 0.3 is 0 Å². The van der Waals surface area contributed by atoms with E-state index in [1.807, 2.05) is 7.05 Å². The topological polar surface area (TPSA) is 15.3 Å². The molecule has 0 unspecified atom stereocenters. The predicted octanol–water partition coefficient (Wildman–Crippen LogP) is 3.14. The number of nitrogens with one attached hydrogen (secondary N) is 1. The largest absolute Gasteiger partial charge is 0.318 e. The van der Waals surface area contributed by atoms with Gasteiger partial charge in [-0.3, -0.25) is 4.90 Å². The molecule has 0 aromatic heterocycles. The van der Waals surface area contributed by atoms with Crippen molar-refractivity contribution in [1.82, 2.24) is 10.2 Å². The van der Waals surface area contributed by atoms with Crippen LogP contribution >= 0.6 is 0 Å². The molecule has 1 aliphatic heterocycles. The molecule has 2 heteroatoms. The monoisotopic (exact) mass is 280 g/mol. The molecule has 0 aliphatic carbocycles. The van der Waals surface area contributed by atoms with E-state index >= 15 is 0 Å². The van der Waals surface area contributed by atoms with Crippen LogP contribution in [0, 0.1) is 6.92 Å². The van der Waals surface area contributed by atoms with E-state index in [2.05, 4.69) is 65.7 Å². The molecular weight excluding hydrogens is 256 g/mol. The first-order valence-corrected chi connectivity index (χ1v) is 7.78. The van der Waals surface area contributed by atoms with E-state index in [9.17, 15) is 0 Å². The number of nitrogens with zero attached hydrogens (tertiary/aromatic N) is 1. The van der Waals surface area contributed by atoms with Crippen LogP contribution in [0.4, 0.5) is 0 Å². The highest BCUT2D eigenvalue weighted by atomic mass is 15.2. The number of hydrogen-bond acceptors (Lipinski definition) is 2. The number of hydrogen-bond donors (Lipinski definition) is 1. The fourth-order valence-corrected chi connectivity index (χ4v) is 3.27. The van der Waals surface area contributed by atoms with Crippen LogP contribution in [0.25, 0.3) is 0 Å². The van der Waals surface area contributed by atoms with E-state index in [0.29, 0.717) is 6.04 Å². The fraction of sp³-hybridized carbons (Fsp3) is 0.368. The highest BCUT2D eigenvalue weighted by Crippen LogP contribution is 2.25. The summed E-state index contributed by atoms with van der Waals surface area (Å²) in [7, 11) is 2.05. The second-order valence-corrected chi connectivity index (χ2v) is 6.02. The van der Waals surface area contributed by atoms with E-state index in [4.69, 9.17) is 0 Å². The van der Waals surface area contributed by atoms with Gasteiger partial charge in [-0.25, -0.2) is 0 Å². The zero-order valence-corrected chi connectivity index (χ0v) is 13.0. The Bertz CT molecular complexity index is 606. The number of likely N-dealkylation sites (N-methyl/N-ethyl adjacent to an activating group) is 1. The second kappa shape index (κ2) is 6.42. The standard InChI is InChI=1S/C19H24N2/c1-15-7-3-4-9-17(15)13-21-14-18-10-6-5-8-16(18)11-19(21)12-20-2/h3-10,19-20H,11-14H2,1-2H3/t19-/m0/s1. The first kappa shape index (κ1) is 14.3. The van der Waals surface area contributed by atoms with E-state index in [1.54, 1.807) is 0 Å². The van der Waals surface area contributed by atoms with Gasteiger partial charge in [-0.2, -0.15) is 0 Å². The summed E-state index contributed by atoms with van der Waals surface area (Å²) in [5, 5.41) is 3.36. The molecule has 0 saturated heterocycles. The van der Waals surface area contributed by atoms with Crippen LogP contribution in [0.3, 0.4) is 0 Å². The van der Waals surface area contributed by atoms with Crippen LogP contribution in [0.5, 0.6) is 0 Å². The molecule has 0 amide bonds. The van der Waals surface area contributed by atoms with Crippen molar-refractivity contribution in [2.45, 2.75) is 32.5 Å². The van der Waals surface area contributed by atoms with Gasteiger partial charge < -0.3 is 5.32 Å². The van der Waals surface area contributed by atoms with Gasteiger partial charge in [0.1, 0.15) is 0 Å². The third-order valence-electron chi connectivity index (χ3n) is 4.54. The van der Waals surface area contributed by atoms with Crippen LogP contribution in [0.15, 0.2) is 48.5 Å². The van der Waals surface area contributed by atoms with Crippen molar-refractivity contribution < 1.29 is 0 Å². The van der Waals surface area contributed by atoms with Crippen LogP contribution in [0.1, 0.15) is 22.3 Å². The zero-order chi connectivity index (χ0) is 14.7. The molecule has 2 nitrogen and oxygen atoms in total. The molecule has 3 rings (SSSR count). The maximum absolute atomic E-state index is 3.36. The Kier molecular flexibility index (Phi) is 4.37. The average Bonchev–Trinajstić information content (AvgIpc) is 2.50. The molecule has 21 heavy (non-hydrogen) atoms. The highest BCUT2D eigenvalue weighted by Gasteiger charge is 2.25. The van der Waals surface area contributed by atoms with E-state index in [0.717, 1.165) is 26.1 Å². The average molecular weight is 280 g/mol. The fourth-order valence-electron chi connectivity index (χ4n) is 3.27. The number of rotatable bonds is 4. The lowest BCUT2D eigenvalue weighted by Crippen LogP contribution is -2.45. The van der Waals surface area contributed by atoms with Gasteiger partial charge in [0.2, 0.25) is 0 Å². The number of aryl methyl sites for hydroxylation is 1. The van der Waals surface area contributed by atoms with Crippen molar-refractivity contribution in [3.63, 3.8) is 0 Å². The Morgan fingerprint density at radius 1 is 1.05 bits per heavy atom. The van der Waals surface area contributed by atoms with Crippen molar-refractivity contribution in [2.24, 2.45) is 0 Å². The minimum Gasteiger partial charge on any atom is -0.318 e. The maximum Gasteiger partial charge on any atom is 0.0268 e. The normalized spacial score (nSPS) is 18.5. The first-order valence-electron chi connectivity index (χ1n) is 7.78. The van der Waals surface area contributed by atoms with Crippen LogP contribution in [-0.4, -0.2) is 24.5 Å². The van der Waals surface area contributed by atoms with Gasteiger partial charge in [0.05, 0.1) is 0 Å². The van der Waals surface area contributed by atoms with Crippen molar-refractivity contribution >= 4 is 0 Å². The summed E-state index contributed by atoms with van der Waals surface area (Å²) in [6.45, 7) is 5.34. The molecule has 0 fully saturated rings. The molecule has 2 aromatic rings. The second-order valence-electron chi connectivity index (χ2n) is 6.02. The first-order chi connectivity index (χ1) is 10.3. The third-order valence-corrected chi connectivity index (χ3v) is 4.54. The molecule has 1 aliphatic rings. The van der Waals surface area contributed by atoms with Crippen LogP contribution < -0.4 is 5.32 Å². The number of fused-ring (bicyclic) bond motifs is 1. The zero-order valence-electron chi connectivity index (χ0n) is 13.0. The van der Waals surface area contributed by atoms with Gasteiger partial charge in [0.15, 0.2) is 0 Å². The van der Waals surface area contributed by atoms with Gasteiger partial charge in [0, 0.05) is 25.7 Å². The maximum atomic E-state index is 3.36. The minimum absolute atomic E-state index is 0.574. The smallest absolute Gasteiger partial charge is 0.0268 e. The van der Waals surface area contributed by atoms with Crippen molar-refractivity contribution in [2.75, 3.05) is 13.6 Å². The summed E-state index contributed by atoms with van der Waals surface area (Å²) in [5.41, 5.74) is 5.83. The van der Waals surface area contributed by atoms with E-state index in [-0.39, 0.29) is 0 Å². The molecule has 0 spiro atoms. The number of benzene rings is 2. The summed E-state index contributed by atoms with van der Waals surface area (Å²) in [6, 6.07) is 18.2. The Hall–Kier alpha value is -1.64. The lowest BCUT2D eigenvalue weighted by molar-refractivity contribution is 0.160. The van der Waals surface area contributed by atoms with Crippen LogP contribution in [0.2, 0.25) is 0 Å². The Morgan fingerprint density at radius 2 is 1.76 bits per heavy atom. The molecule has 1 heterocycles. The van der Waals surface area contributed by atoms with Gasteiger partial charge in [0.25, 0.3) is 0 Å². The molecule has 0 saturated carbocycles. The summed E-state index contributed by atoms with van der Waals surface area (Å²) in [6.07, 6.45) is 1.14. The van der Waals surface area contributed by atoms with Crippen molar-refractivity contribution in [1.29, 1.82) is 0 Å². The molecule has 1 atom stereocenters. The lowest BCUT2D eigenvalue weighted by Gasteiger charge is -2.37. The summed E-state index contributed by atoms with van der Waals surface area (Å²) >= 11 is 0.